The van der Waals surface area contributed by atoms with E-state index in [1.54, 1.807) is 6.07 Å². The molecule has 1 fully saturated rings. The minimum absolute atomic E-state index is 0.0572. The van der Waals surface area contributed by atoms with Crippen LogP contribution >= 0.6 is 0 Å². The standard InChI is InChI=1S/C21H25NO3/c1-3-4-18-14-25-12-11-22(18)21(24)17-8-6-16(7-9-17)19-13-15(2)5-10-20(19)23/h5-10,13,18,23H,3-4,11-12,14H2,1-2H3/t18-/m0/s1. The summed E-state index contributed by atoms with van der Waals surface area (Å²) in [6, 6.07) is 13.2. The molecule has 1 heterocycles. The van der Waals surface area contributed by atoms with Crippen molar-refractivity contribution in [2.24, 2.45) is 0 Å². The second-order valence-corrected chi connectivity index (χ2v) is 6.61. The largest absolute Gasteiger partial charge is 0.507 e. The van der Waals surface area contributed by atoms with Gasteiger partial charge in [-0.3, -0.25) is 4.79 Å². The summed E-state index contributed by atoms with van der Waals surface area (Å²) in [5.74, 6) is 0.308. The highest BCUT2D eigenvalue weighted by molar-refractivity contribution is 5.95. The number of phenols is 1. The second-order valence-electron chi connectivity index (χ2n) is 6.61. The van der Waals surface area contributed by atoms with E-state index in [4.69, 9.17) is 4.74 Å². The van der Waals surface area contributed by atoms with Crippen molar-refractivity contribution in [2.45, 2.75) is 32.7 Å². The first-order valence-corrected chi connectivity index (χ1v) is 8.89. The Morgan fingerprint density at radius 3 is 2.72 bits per heavy atom. The smallest absolute Gasteiger partial charge is 0.254 e. The Balaban J connectivity index is 1.81. The minimum Gasteiger partial charge on any atom is -0.507 e. The van der Waals surface area contributed by atoms with E-state index in [1.165, 1.54) is 0 Å². The number of aromatic hydroxyl groups is 1. The van der Waals surface area contributed by atoms with Crippen molar-refractivity contribution < 1.29 is 14.6 Å². The molecule has 1 amide bonds. The minimum atomic E-state index is 0.0572. The summed E-state index contributed by atoms with van der Waals surface area (Å²) < 4.78 is 5.53. The Morgan fingerprint density at radius 1 is 1.24 bits per heavy atom. The third-order valence-electron chi connectivity index (χ3n) is 4.71. The van der Waals surface area contributed by atoms with Gasteiger partial charge in [0.15, 0.2) is 0 Å². The van der Waals surface area contributed by atoms with Crippen molar-refractivity contribution >= 4 is 5.91 Å². The van der Waals surface area contributed by atoms with Crippen LogP contribution in [0.2, 0.25) is 0 Å². The lowest BCUT2D eigenvalue weighted by Gasteiger charge is -2.35. The van der Waals surface area contributed by atoms with Gasteiger partial charge in [-0.1, -0.05) is 37.1 Å². The van der Waals surface area contributed by atoms with Crippen LogP contribution in [0.1, 0.15) is 35.7 Å². The van der Waals surface area contributed by atoms with Crippen molar-refractivity contribution in [3.8, 4) is 16.9 Å². The molecule has 132 valence electrons. The zero-order chi connectivity index (χ0) is 17.8. The summed E-state index contributed by atoms with van der Waals surface area (Å²) in [6.07, 6.45) is 1.99. The van der Waals surface area contributed by atoms with E-state index in [9.17, 15) is 9.90 Å². The number of hydrogen-bond acceptors (Lipinski definition) is 3. The van der Waals surface area contributed by atoms with Gasteiger partial charge in [0.05, 0.1) is 19.3 Å². The van der Waals surface area contributed by atoms with Crippen LogP contribution in [0, 0.1) is 6.92 Å². The zero-order valence-electron chi connectivity index (χ0n) is 14.9. The predicted molar refractivity (Wildman–Crippen MR) is 98.8 cm³/mol. The van der Waals surface area contributed by atoms with Crippen LogP contribution in [-0.2, 0) is 4.74 Å². The van der Waals surface area contributed by atoms with E-state index in [1.807, 2.05) is 48.2 Å². The molecule has 0 saturated carbocycles. The number of phenolic OH excluding ortho intramolecular Hbond substituents is 1. The van der Waals surface area contributed by atoms with Crippen molar-refractivity contribution in [1.82, 2.24) is 4.90 Å². The maximum Gasteiger partial charge on any atom is 0.254 e. The number of amides is 1. The summed E-state index contributed by atoms with van der Waals surface area (Å²) in [7, 11) is 0. The van der Waals surface area contributed by atoms with Gasteiger partial charge >= 0.3 is 0 Å². The normalized spacial score (nSPS) is 17.5. The van der Waals surface area contributed by atoms with Gasteiger partial charge in [-0.25, -0.2) is 0 Å². The summed E-state index contributed by atoms with van der Waals surface area (Å²) in [4.78, 5) is 14.8. The zero-order valence-corrected chi connectivity index (χ0v) is 14.9. The van der Waals surface area contributed by atoms with Crippen molar-refractivity contribution in [1.29, 1.82) is 0 Å². The van der Waals surface area contributed by atoms with Crippen LogP contribution in [-0.4, -0.2) is 41.7 Å². The lowest BCUT2D eigenvalue weighted by molar-refractivity contribution is -0.00433. The highest BCUT2D eigenvalue weighted by Gasteiger charge is 2.27. The van der Waals surface area contributed by atoms with Crippen LogP contribution in [0.15, 0.2) is 42.5 Å². The predicted octanol–water partition coefficient (Wildman–Crippen LogP) is 4.01. The van der Waals surface area contributed by atoms with E-state index < -0.39 is 0 Å². The quantitative estimate of drug-likeness (QED) is 0.916. The van der Waals surface area contributed by atoms with Gasteiger partial charge in [-0.15, -0.1) is 0 Å². The number of nitrogens with zero attached hydrogens (tertiary/aromatic N) is 1. The number of hydrogen-bond donors (Lipinski definition) is 1. The van der Waals surface area contributed by atoms with Gasteiger partial charge in [0.1, 0.15) is 5.75 Å². The Labute approximate surface area is 149 Å². The molecule has 0 bridgehead atoms. The third kappa shape index (κ3) is 3.85. The van der Waals surface area contributed by atoms with Gasteiger partial charge < -0.3 is 14.7 Å². The Kier molecular flexibility index (Phi) is 5.39. The number of benzene rings is 2. The van der Waals surface area contributed by atoms with Crippen molar-refractivity contribution in [3.63, 3.8) is 0 Å². The molecule has 1 saturated heterocycles. The molecule has 3 rings (SSSR count). The fourth-order valence-corrected chi connectivity index (χ4v) is 3.33. The molecule has 1 aliphatic heterocycles. The average molecular weight is 339 g/mol. The van der Waals surface area contributed by atoms with Gasteiger partial charge in [0.25, 0.3) is 5.91 Å². The van der Waals surface area contributed by atoms with Crippen LogP contribution in [0.4, 0.5) is 0 Å². The molecule has 0 spiro atoms. The molecule has 2 aromatic carbocycles. The first-order chi connectivity index (χ1) is 12.1. The molecule has 1 atom stereocenters. The SMILES string of the molecule is CCC[C@H]1COCCN1C(=O)c1ccc(-c2cc(C)ccc2O)cc1. The second kappa shape index (κ2) is 7.70. The van der Waals surface area contributed by atoms with E-state index in [0.29, 0.717) is 25.3 Å². The Morgan fingerprint density at radius 2 is 2.00 bits per heavy atom. The number of aryl methyl sites for hydroxylation is 1. The fraction of sp³-hybridized carbons (Fsp3) is 0.381. The number of morpholine rings is 1. The lowest BCUT2D eigenvalue weighted by atomic mass is 10.0. The monoisotopic (exact) mass is 339 g/mol. The van der Waals surface area contributed by atoms with Gasteiger partial charge in [-0.2, -0.15) is 0 Å². The Hall–Kier alpha value is -2.33. The van der Waals surface area contributed by atoms with Gasteiger partial charge in [0, 0.05) is 17.7 Å². The maximum atomic E-state index is 12.9. The van der Waals surface area contributed by atoms with E-state index in [0.717, 1.165) is 29.5 Å². The van der Waals surface area contributed by atoms with Crippen LogP contribution in [0.3, 0.4) is 0 Å². The molecule has 0 aliphatic carbocycles. The van der Waals surface area contributed by atoms with E-state index >= 15 is 0 Å². The highest BCUT2D eigenvalue weighted by atomic mass is 16.5. The molecule has 0 radical (unpaired) electrons. The maximum absolute atomic E-state index is 12.9. The van der Waals surface area contributed by atoms with Gasteiger partial charge in [0.2, 0.25) is 0 Å². The molecule has 0 unspecified atom stereocenters. The number of carbonyl (C=O) groups is 1. The molecule has 1 aliphatic rings. The summed E-state index contributed by atoms with van der Waals surface area (Å²) >= 11 is 0. The summed E-state index contributed by atoms with van der Waals surface area (Å²) in [5, 5.41) is 10.1. The number of carbonyl (C=O) groups excluding carboxylic acids is 1. The molecule has 2 aromatic rings. The molecular weight excluding hydrogens is 314 g/mol. The first-order valence-electron chi connectivity index (χ1n) is 8.89. The summed E-state index contributed by atoms with van der Waals surface area (Å²) in [5.41, 5.74) is 3.46. The van der Waals surface area contributed by atoms with E-state index in [2.05, 4.69) is 6.92 Å². The first kappa shape index (κ1) is 17.5. The molecule has 4 nitrogen and oxygen atoms in total. The molecule has 4 heteroatoms. The highest BCUT2D eigenvalue weighted by Crippen LogP contribution is 2.30. The Bertz CT molecular complexity index is 737. The van der Waals surface area contributed by atoms with Gasteiger partial charge in [-0.05, 0) is 43.2 Å². The molecular formula is C21H25NO3. The van der Waals surface area contributed by atoms with Crippen LogP contribution < -0.4 is 0 Å². The van der Waals surface area contributed by atoms with Crippen LogP contribution in [0.5, 0.6) is 5.75 Å². The molecule has 1 N–H and O–H groups in total. The number of rotatable bonds is 4. The number of ether oxygens (including phenoxy) is 1. The molecule has 0 aromatic heterocycles. The average Bonchev–Trinajstić information content (AvgIpc) is 2.64. The van der Waals surface area contributed by atoms with E-state index in [-0.39, 0.29) is 17.7 Å². The third-order valence-corrected chi connectivity index (χ3v) is 4.71. The summed E-state index contributed by atoms with van der Waals surface area (Å²) in [6.45, 7) is 5.98. The van der Waals surface area contributed by atoms with Crippen LogP contribution in [0.25, 0.3) is 11.1 Å². The van der Waals surface area contributed by atoms with Crippen molar-refractivity contribution in [2.75, 3.05) is 19.8 Å². The topological polar surface area (TPSA) is 49.8 Å². The fourth-order valence-electron chi connectivity index (χ4n) is 3.33. The lowest BCUT2D eigenvalue weighted by Crippen LogP contribution is -2.48. The van der Waals surface area contributed by atoms with Crippen molar-refractivity contribution in [3.05, 3.63) is 53.6 Å². The molecule has 25 heavy (non-hydrogen) atoms.